The first kappa shape index (κ1) is 12.6. The minimum atomic E-state index is -1.00. The molecule has 16 heavy (non-hydrogen) atoms. The van der Waals surface area contributed by atoms with Crippen molar-refractivity contribution in [3.63, 3.8) is 0 Å². The van der Waals surface area contributed by atoms with Crippen LogP contribution < -0.4 is 5.32 Å². The van der Waals surface area contributed by atoms with E-state index in [0.717, 1.165) is 25.0 Å². The van der Waals surface area contributed by atoms with Gasteiger partial charge in [-0.25, -0.2) is 8.78 Å². The van der Waals surface area contributed by atoms with Crippen molar-refractivity contribution >= 4 is 5.91 Å². The van der Waals surface area contributed by atoms with Crippen molar-refractivity contribution in [3.05, 3.63) is 35.4 Å². The lowest BCUT2D eigenvalue weighted by molar-refractivity contribution is 0.0934. The molecule has 0 bridgehead atoms. The number of hydrogen-bond donors (Lipinski definition) is 1. The van der Waals surface area contributed by atoms with Gasteiger partial charge in [0.25, 0.3) is 5.91 Å². The topological polar surface area (TPSA) is 29.1 Å². The zero-order valence-electron chi connectivity index (χ0n) is 9.39. The average Bonchev–Trinajstić information content (AvgIpc) is 2.29. The smallest absolute Gasteiger partial charge is 0.251 e. The molecular weight excluding hydrogens is 212 g/mol. The molecule has 0 aromatic heterocycles. The number of hydrogen-bond acceptors (Lipinski definition) is 1. The minimum Gasteiger partial charge on any atom is -0.349 e. The van der Waals surface area contributed by atoms with Crippen molar-refractivity contribution < 1.29 is 13.6 Å². The second kappa shape index (κ2) is 5.58. The van der Waals surface area contributed by atoms with Gasteiger partial charge >= 0.3 is 0 Å². The predicted molar refractivity (Wildman–Crippen MR) is 58.2 cm³/mol. The second-order valence-electron chi connectivity index (χ2n) is 3.62. The molecule has 1 amide bonds. The van der Waals surface area contributed by atoms with Gasteiger partial charge in [-0.1, -0.05) is 13.8 Å². The summed E-state index contributed by atoms with van der Waals surface area (Å²) in [5.41, 5.74) is 0.144. The Bertz CT molecular complexity index is 375. The van der Waals surface area contributed by atoms with E-state index in [-0.39, 0.29) is 17.5 Å². The van der Waals surface area contributed by atoms with E-state index in [1.807, 2.05) is 13.8 Å². The summed E-state index contributed by atoms with van der Waals surface area (Å²) in [5, 5.41) is 2.75. The van der Waals surface area contributed by atoms with Crippen LogP contribution in [0.15, 0.2) is 18.2 Å². The molecule has 1 aromatic rings. The molecule has 0 aliphatic rings. The van der Waals surface area contributed by atoms with Crippen LogP contribution in [-0.2, 0) is 0 Å². The van der Waals surface area contributed by atoms with Gasteiger partial charge in [-0.05, 0) is 31.0 Å². The van der Waals surface area contributed by atoms with E-state index in [1.165, 1.54) is 6.07 Å². The standard InChI is InChI=1S/C12H15F2NO/c1-3-9(4-2)15-12(16)8-5-6-10(13)11(14)7-8/h5-7,9H,3-4H2,1-2H3,(H,15,16). The molecule has 1 rings (SSSR count). The van der Waals surface area contributed by atoms with Gasteiger partial charge in [-0.3, -0.25) is 4.79 Å². The van der Waals surface area contributed by atoms with Crippen LogP contribution in [0.3, 0.4) is 0 Å². The maximum atomic E-state index is 12.9. The zero-order chi connectivity index (χ0) is 12.1. The van der Waals surface area contributed by atoms with Gasteiger partial charge in [-0.2, -0.15) is 0 Å². The van der Waals surface area contributed by atoms with Crippen LogP contribution in [0.1, 0.15) is 37.0 Å². The largest absolute Gasteiger partial charge is 0.349 e. The fourth-order valence-corrected chi connectivity index (χ4v) is 1.40. The molecule has 0 saturated carbocycles. The first-order valence-corrected chi connectivity index (χ1v) is 5.34. The van der Waals surface area contributed by atoms with Gasteiger partial charge in [-0.15, -0.1) is 0 Å². The maximum Gasteiger partial charge on any atom is 0.251 e. The van der Waals surface area contributed by atoms with Gasteiger partial charge in [0.05, 0.1) is 0 Å². The SMILES string of the molecule is CCC(CC)NC(=O)c1ccc(F)c(F)c1. The molecule has 4 heteroatoms. The third-order valence-electron chi connectivity index (χ3n) is 2.50. The quantitative estimate of drug-likeness (QED) is 0.841. The predicted octanol–water partition coefficient (Wildman–Crippen LogP) is 2.88. The lowest BCUT2D eigenvalue weighted by Crippen LogP contribution is -2.33. The Morgan fingerprint density at radius 3 is 2.38 bits per heavy atom. The highest BCUT2D eigenvalue weighted by Crippen LogP contribution is 2.09. The Kier molecular flexibility index (Phi) is 4.40. The summed E-state index contributed by atoms with van der Waals surface area (Å²) < 4.78 is 25.5. The molecule has 0 saturated heterocycles. The van der Waals surface area contributed by atoms with Crippen molar-refractivity contribution in [3.8, 4) is 0 Å². The summed E-state index contributed by atoms with van der Waals surface area (Å²) in [6.07, 6.45) is 1.62. The number of amides is 1. The number of rotatable bonds is 4. The zero-order valence-corrected chi connectivity index (χ0v) is 9.39. The van der Waals surface area contributed by atoms with Crippen molar-refractivity contribution in [2.45, 2.75) is 32.7 Å². The molecule has 0 fully saturated rings. The first-order valence-electron chi connectivity index (χ1n) is 5.34. The molecule has 0 spiro atoms. The molecular formula is C12H15F2NO. The van der Waals surface area contributed by atoms with E-state index in [2.05, 4.69) is 5.32 Å². The van der Waals surface area contributed by atoms with Crippen LogP contribution in [0.2, 0.25) is 0 Å². The Morgan fingerprint density at radius 1 is 1.25 bits per heavy atom. The number of nitrogens with one attached hydrogen (secondary N) is 1. The molecule has 0 atom stereocenters. The molecule has 0 radical (unpaired) electrons. The van der Waals surface area contributed by atoms with E-state index in [4.69, 9.17) is 0 Å². The maximum absolute atomic E-state index is 12.9. The number of halogens is 2. The summed E-state index contributed by atoms with van der Waals surface area (Å²) in [5.74, 6) is -2.32. The Morgan fingerprint density at radius 2 is 1.88 bits per heavy atom. The lowest BCUT2D eigenvalue weighted by Gasteiger charge is -2.14. The highest BCUT2D eigenvalue weighted by molar-refractivity contribution is 5.94. The fraction of sp³-hybridized carbons (Fsp3) is 0.417. The van der Waals surface area contributed by atoms with Gasteiger partial charge in [0, 0.05) is 11.6 Å². The third kappa shape index (κ3) is 3.02. The normalized spacial score (nSPS) is 10.6. The van der Waals surface area contributed by atoms with E-state index < -0.39 is 11.6 Å². The van der Waals surface area contributed by atoms with Gasteiger partial charge in [0.1, 0.15) is 0 Å². The molecule has 0 aliphatic carbocycles. The molecule has 88 valence electrons. The van der Waals surface area contributed by atoms with Crippen molar-refractivity contribution in [1.82, 2.24) is 5.32 Å². The van der Waals surface area contributed by atoms with Crippen LogP contribution in [0.25, 0.3) is 0 Å². The van der Waals surface area contributed by atoms with E-state index in [1.54, 1.807) is 0 Å². The van der Waals surface area contributed by atoms with Crippen molar-refractivity contribution in [2.75, 3.05) is 0 Å². The van der Waals surface area contributed by atoms with Crippen LogP contribution in [-0.4, -0.2) is 11.9 Å². The molecule has 1 N–H and O–H groups in total. The second-order valence-corrected chi connectivity index (χ2v) is 3.62. The van der Waals surface area contributed by atoms with Crippen LogP contribution in [0.4, 0.5) is 8.78 Å². The monoisotopic (exact) mass is 227 g/mol. The highest BCUT2D eigenvalue weighted by atomic mass is 19.2. The summed E-state index contributed by atoms with van der Waals surface area (Å²) in [7, 11) is 0. The van der Waals surface area contributed by atoms with E-state index in [9.17, 15) is 13.6 Å². The van der Waals surface area contributed by atoms with E-state index >= 15 is 0 Å². The number of benzene rings is 1. The summed E-state index contributed by atoms with van der Waals surface area (Å²) in [4.78, 5) is 11.6. The minimum absolute atomic E-state index is 0.0700. The Balaban J connectivity index is 2.76. The number of carbonyl (C=O) groups is 1. The fourth-order valence-electron chi connectivity index (χ4n) is 1.40. The number of carbonyl (C=O) groups excluding carboxylic acids is 1. The third-order valence-corrected chi connectivity index (χ3v) is 2.50. The summed E-state index contributed by atoms with van der Waals surface area (Å²) in [6.45, 7) is 3.92. The van der Waals surface area contributed by atoms with Crippen LogP contribution >= 0.6 is 0 Å². The molecule has 1 aromatic carbocycles. The molecule has 0 aliphatic heterocycles. The Hall–Kier alpha value is -1.45. The molecule has 0 heterocycles. The van der Waals surface area contributed by atoms with Gasteiger partial charge in [0.2, 0.25) is 0 Å². The Labute approximate surface area is 93.7 Å². The van der Waals surface area contributed by atoms with Gasteiger partial charge < -0.3 is 5.32 Å². The van der Waals surface area contributed by atoms with E-state index in [0.29, 0.717) is 0 Å². The van der Waals surface area contributed by atoms with Gasteiger partial charge in [0.15, 0.2) is 11.6 Å². The van der Waals surface area contributed by atoms with Crippen LogP contribution in [0.5, 0.6) is 0 Å². The van der Waals surface area contributed by atoms with Crippen molar-refractivity contribution in [2.24, 2.45) is 0 Å². The highest BCUT2D eigenvalue weighted by Gasteiger charge is 2.12. The van der Waals surface area contributed by atoms with Crippen molar-refractivity contribution in [1.29, 1.82) is 0 Å². The van der Waals surface area contributed by atoms with Crippen LogP contribution in [0, 0.1) is 11.6 Å². The average molecular weight is 227 g/mol. The molecule has 2 nitrogen and oxygen atoms in total. The first-order chi connectivity index (χ1) is 7.58. The molecule has 0 unspecified atom stereocenters. The summed E-state index contributed by atoms with van der Waals surface area (Å²) in [6, 6.07) is 3.21. The summed E-state index contributed by atoms with van der Waals surface area (Å²) >= 11 is 0. The lowest BCUT2D eigenvalue weighted by atomic mass is 10.1.